The summed E-state index contributed by atoms with van der Waals surface area (Å²) in [6.07, 6.45) is 10.9. The Morgan fingerprint density at radius 2 is 2.00 bits per heavy atom. The number of allylic oxidation sites excluding steroid dienone is 1. The van der Waals surface area contributed by atoms with E-state index >= 15 is 4.39 Å². The highest BCUT2D eigenvalue weighted by molar-refractivity contribution is 6.34. The second kappa shape index (κ2) is 12.7. The standard InChI is InChI=1S/C37H43ClF2N6O3/c1-3-8-24-28(38)17-29-27(19-41-46(29)30-9-4-5-16-48-30)31(24)25-10-11-26-33(32(25)40)42-35(43-34(26)44-14-6-12-36(2,47)21-44)49-22-37-13-7-15-45(37)20-23(39)18-37/h3,8,10-11,17,19,23,30,47H,4-7,9,12-16,18,20-22H2,1-2H3/b8-3-/t23-,30?,36-,37+/m1/s1. The Hall–Kier alpha value is -3.38. The maximum Gasteiger partial charge on any atom is 0.319 e. The molecule has 8 rings (SSSR count). The number of aliphatic hydroxyl groups is 1. The second-order valence-corrected chi connectivity index (χ2v) is 14.9. The van der Waals surface area contributed by atoms with E-state index in [0.717, 1.165) is 56.0 Å². The smallest absolute Gasteiger partial charge is 0.319 e. The van der Waals surface area contributed by atoms with Gasteiger partial charge in [0.1, 0.15) is 24.1 Å². The van der Waals surface area contributed by atoms with Crippen LogP contribution in [0.4, 0.5) is 14.6 Å². The molecular formula is C37H43ClF2N6O3. The molecule has 4 aliphatic heterocycles. The number of rotatable bonds is 7. The lowest BCUT2D eigenvalue weighted by Gasteiger charge is -2.38. The average Bonchev–Trinajstić information content (AvgIpc) is 3.76. The molecule has 4 saturated heterocycles. The van der Waals surface area contributed by atoms with Crippen LogP contribution in [0.15, 0.2) is 30.5 Å². The minimum Gasteiger partial charge on any atom is -0.461 e. The summed E-state index contributed by atoms with van der Waals surface area (Å²) in [6, 6.07) is 5.53. The second-order valence-electron chi connectivity index (χ2n) is 14.5. The van der Waals surface area contributed by atoms with Gasteiger partial charge < -0.3 is 19.5 Å². The van der Waals surface area contributed by atoms with Crippen molar-refractivity contribution in [3.8, 4) is 17.1 Å². The Morgan fingerprint density at radius 1 is 1.14 bits per heavy atom. The zero-order chi connectivity index (χ0) is 33.9. The highest BCUT2D eigenvalue weighted by atomic mass is 35.5. The number of ether oxygens (including phenoxy) is 2. The summed E-state index contributed by atoms with van der Waals surface area (Å²) in [5, 5.41) is 17.5. The molecule has 2 aromatic carbocycles. The summed E-state index contributed by atoms with van der Waals surface area (Å²) in [6.45, 7) is 6.82. The zero-order valence-electron chi connectivity index (χ0n) is 28.1. The molecule has 2 aromatic heterocycles. The number of fused-ring (bicyclic) bond motifs is 3. The third kappa shape index (κ3) is 5.86. The third-order valence-corrected chi connectivity index (χ3v) is 11.2. The van der Waals surface area contributed by atoms with Gasteiger partial charge in [-0.25, -0.2) is 13.5 Å². The van der Waals surface area contributed by atoms with Gasteiger partial charge in [-0.3, -0.25) is 4.90 Å². The number of nitrogens with zero attached hydrogens (tertiary/aromatic N) is 6. The molecule has 4 fully saturated rings. The molecule has 0 aliphatic carbocycles. The van der Waals surface area contributed by atoms with Gasteiger partial charge in [-0.1, -0.05) is 29.8 Å². The van der Waals surface area contributed by atoms with Crippen molar-refractivity contribution >= 4 is 45.3 Å². The minimum absolute atomic E-state index is 0.0412. The van der Waals surface area contributed by atoms with Crippen LogP contribution in [0.25, 0.3) is 39.0 Å². The summed E-state index contributed by atoms with van der Waals surface area (Å²) in [5.41, 5.74) is 1.17. The number of alkyl halides is 1. The lowest BCUT2D eigenvalue weighted by atomic mass is 9.93. The molecule has 0 amide bonds. The molecule has 49 heavy (non-hydrogen) atoms. The third-order valence-electron chi connectivity index (χ3n) is 10.9. The van der Waals surface area contributed by atoms with Crippen molar-refractivity contribution in [1.29, 1.82) is 0 Å². The molecule has 260 valence electrons. The molecule has 6 heterocycles. The summed E-state index contributed by atoms with van der Waals surface area (Å²) >= 11 is 6.95. The molecule has 1 unspecified atom stereocenters. The predicted molar refractivity (Wildman–Crippen MR) is 187 cm³/mol. The Labute approximate surface area is 289 Å². The molecule has 9 nitrogen and oxygen atoms in total. The molecular weight excluding hydrogens is 650 g/mol. The normalized spacial score (nSPS) is 27.9. The average molecular weight is 693 g/mol. The molecule has 4 aliphatic rings. The van der Waals surface area contributed by atoms with Crippen LogP contribution in [0.3, 0.4) is 0 Å². The number of anilines is 1. The van der Waals surface area contributed by atoms with Gasteiger partial charge in [-0.05, 0) is 77.5 Å². The van der Waals surface area contributed by atoms with Crippen LogP contribution >= 0.6 is 11.6 Å². The van der Waals surface area contributed by atoms with E-state index in [0.29, 0.717) is 72.0 Å². The van der Waals surface area contributed by atoms with E-state index < -0.39 is 23.1 Å². The van der Waals surface area contributed by atoms with E-state index in [2.05, 4.69) is 4.90 Å². The Balaban J connectivity index is 1.28. The van der Waals surface area contributed by atoms with Crippen LogP contribution in [0, 0.1) is 5.82 Å². The Bertz CT molecular complexity index is 1930. The lowest BCUT2D eigenvalue weighted by molar-refractivity contribution is -0.0366. The van der Waals surface area contributed by atoms with Crippen LogP contribution in [0.2, 0.25) is 5.02 Å². The molecule has 0 spiro atoms. The van der Waals surface area contributed by atoms with Gasteiger partial charge in [0.25, 0.3) is 0 Å². The molecule has 0 bridgehead atoms. The molecule has 0 saturated carbocycles. The number of aromatic nitrogens is 4. The van der Waals surface area contributed by atoms with Crippen molar-refractivity contribution in [2.75, 3.05) is 44.3 Å². The number of hydrogen-bond donors (Lipinski definition) is 1. The van der Waals surface area contributed by atoms with Crippen molar-refractivity contribution < 1.29 is 23.4 Å². The first-order valence-corrected chi connectivity index (χ1v) is 18.0. The van der Waals surface area contributed by atoms with Crippen molar-refractivity contribution in [3.05, 3.63) is 46.9 Å². The minimum atomic E-state index is -0.922. The highest BCUT2D eigenvalue weighted by Gasteiger charge is 2.49. The maximum absolute atomic E-state index is 17.3. The zero-order valence-corrected chi connectivity index (χ0v) is 28.9. The van der Waals surface area contributed by atoms with E-state index in [-0.39, 0.29) is 24.4 Å². The first-order valence-electron chi connectivity index (χ1n) is 17.6. The maximum atomic E-state index is 17.3. The topological polar surface area (TPSA) is 88.8 Å². The van der Waals surface area contributed by atoms with Gasteiger partial charge in [0.05, 0.1) is 27.9 Å². The molecule has 1 N–H and O–H groups in total. The number of hydrogen-bond acceptors (Lipinski definition) is 8. The van der Waals surface area contributed by atoms with Gasteiger partial charge in [0, 0.05) is 60.1 Å². The molecule has 4 aromatic rings. The SMILES string of the molecule is C/C=C\c1c(Cl)cc2c(cnn2C2CCCCO2)c1-c1ccc2c(N3CCC[C@@](C)(O)C3)nc(OC[C@@]34CCCN3C[C@H](F)C4)nc2c1F. The van der Waals surface area contributed by atoms with Gasteiger partial charge in [0.2, 0.25) is 0 Å². The number of piperidine rings is 1. The van der Waals surface area contributed by atoms with Crippen LogP contribution in [0.5, 0.6) is 6.01 Å². The Morgan fingerprint density at radius 3 is 2.80 bits per heavy atom. The summed E-state index contributed by atoms with van der Waals surface area (Å²) in [4.78, 5) is 13.7. The van der Waals surface area contributed by atoms with Gasteiger partial charge in [-0.15, -0.1) is 0 Å². The van der Waals surface area contributed by atoms with Crippen LogP contribution in [-0.4, -0.2) is 86.5 Å². The predicted octanol–water partition coefficient (Wildman–Crippen LogP) is 7.48. The molecule has 12 heteroatoms. The van der Waals surface area contributed by atoms with Crippen molar-refractivity contribution in [1.82, 2.24) is 24.6 Å². The fourth-order valence-electron chi connectivity index (χ4n) is 8.61. The summed E-state index contributed by atoms with van der Waals surface area (Å²) < 4.78 is 46.1. The van der Waals surface area contributed by atoms with Crippen molar-refractivity contribution in [2.24, 2.45) is 0 Å². The molecule has 0 radical (unpaired) electrons. The van der Waals surface area contributed by atoms with Crippen molar-refractivity contribution in [2.45, 2.75) is 88.8 Å². The monoisotopic (exact) mass is 692 g/mol. The fourth-order valence-corrected chi connectivity index (χ4v) is 8.87. The van der Waals surface area contributed by atoms with Gasteiger partial charge >= 0.3 is 6.01 Å². The van der Waals surface area contributed by atoms with Crippen molar-refractivity contribution in [3.63, 3.8) is 0 Å². The van der Waals surface area contributed by atoms with Crippen LogP contribution in [0.1, 0.15) is 77.0 Å². The van der Waals surface area contributed by atoms with Gasteiger partial charge in [0.15, 0.2) is 12.0 Å². The van der Waals surface area contributed by atoms with Gasteiger partial charge in [-0.2, -0.15) is 15.1 Å². The van der Waals surface area contributed by atoms with E-state index in [1.165, 1.54) is 0 Å². The quantitative estimate of drug-likeness (QED) is 0.213. The fraction of sp³-hybridized carbons (Fsp3) is 0.541. The van der Waals surface area contributed by atoms with E-state index in [9.17, 15) is 9.50 Å². The first-order chi connectivity index (χ1) is 23.7. The number of halogens is 3. The largest absolute Gasteiger partial charge is 0.461 e. The number of β-amino-alcohol motifs (C(OH)–C–C–N with tert-alkyl or cyclic N) is 1. The highest BCUT2D eigenvalue weighted by Crippen LogP contribution is 2.44. The summed E-state index contributed by atoms with van der Waals surface area (Å²) in [5.74, 6) is -0.0238. The van der Waals surface area contributed by atoms with Crippen LogP contribution < -0.4 is 9.64 Å². The van der Waals surface area contributed by atoms with Crippen LogP contribution in [-0.2, 0) is 4.74 Å². The first kappa shape index (κ1) is 32.8. The summed E-state index contributed by atoms with van der Waals surface area (Å²) in [7, 11) is 0. The molecule has 4 atom stereocenters. The lowest BCUT2D eigenvalue weighted by Crippen LogP contribution is -2.46. The Kier molecular flexibility index (Phi) is 8.53. The van der Waals surface area contributed by atoms with E-state index in [1.807, 2.05) is 47.7 Å². The number of benzene rings is 2. The van der Waals surface area contributed by atoms with E-state index in [1.54, 1.807) is 12.3 Å². The van der Waals surface area contributed by atoms with E-state index in [4.69, 9.17) is 36.1 Å².